The molecular formula is C22H22FN5O2. The van der Waals surface area contributed by atoms with Crippen LogP contribution in [0.5, 0.6) is 0 Å². The Morgan fingerprint density at radius 3 is 2.73 bits per heavy atom. The second kappa shape index (κ2) is 8.16. The van der Waals surface area contributed by atoms with Gasteiger partial charge in [-0.15, -0.1) is 10.2 Å². The zero-order valence-electron chi connectivity index (χ0n) is 16.5. The molecule has 2 unspecified atom stereocenters. The zero-order valence-corrected chi connectivity index (χ0v) is 16.5. The number of aromatic nitrogens is 3. The molecule has 1 aromatic carbocycles. The highest BCUT2D eigenvalue weighted by Gasteiger charge is 2.49. The lowest BCUT2D eigenvalue weighted by Gasteiger charge is -2.48. The van der Waals surface area contributed by atoms with E-state index in [-0.39, 0.29) is 22.6 Å². The summed E-state index contributed by atoms with van der Waals surface area (Å²) in [6.07, 6.45) is 3.77. The minimum absolute atomic E-state index is 0.0674. The molecule has 2 aromatic heterocycles. The van der Waals surface area contributed by atoms with Crippen LogP contribution in [0.2, 0.25) is 0 Å². The van der Waals surface area contributed by atoms with Crippen LogP contribution in [0.4, 0.5) is 10.2 Å². The molecule has 0 bridgehead atoms. The van der Waals surface area contributed by atoms with Crippen molar-refractivity contribution in [2.75, 3.05) is 19.0 Å². The average molecular weight is 407 g/mol. The number of benzene rings is 1. The van der Waals surface area contributed by atoms with Gasteiger partial charge in [0.1, 0.15) is 11.6 Å². The number of primary amides is 1. The Morgan fingerprint density at radius 2 is 2.13 bits per heavy atom. The number of amides is 1. The fourth-order valence-corrected chi connectivity index (χ4v) is 3.89. The van der Waals surface area contributed by atoms with Gasteiger partial charge in [0.15, 0.2) is 0 Å². The smallest absolute Gasteiger partial charge is 0.248 e. The molecule has 4 rings (SSSR count). The van der Waals surface area contributed by atoms with E-state index in [9.17, 15) is 9.18 Å². The van der Waals surface area contributed by atoms with Crippen LogP contribution in [0.15, 0.2) is 54.7 Å². The summed E-state index contributed by atoms with van der Waals surface area (Å²) in [6.45, 7) is 0.585. The quantitative estimate of drug-likeness (QED) is 0.624. The van der Waals surface area contributed by atoms with Gasteiger partial charge in [-0.05, 0) is 55.3 Å². The van der Waals surface area contributed by atoms with E-state index in [2.05, 4.69) is 20.5 Å². The number of carbonyl (C=O) groups is 1. The van der Waals surface area contributed by atoms with Gasteiger partial charge in [-0.2, -0.15) is 0 Å². The Bertz CT molecular complexity index is 1040. The number of pyridine rings is 1. The molecule has 1 amide bonds. The summed E-state index contributed by atoms with van der Waals surface area (Å²) in [6, 6.07) is 13.2. The van der Waals surface area contributed by atoms with E-state index in [1.165, 1.54) is 18.2 Å². The maximum Gasteiger partial charge on any atom is 0.248 e. The number of nitrogens with zero attached hydrogens (tertiary/aromatic N) is 3. The minimum atomic E-state index is -0.629. The van der Waals surface area contributed by atoms with E-state index < -0.39 is 11.7 Å². The number of carbonyl (C=O) groups excluding carboxylic acids is 1. The summed E-state index contributed by atoms with van der Waals surface area (Å²) in [7, 11) is 1.71. The first-order valence-corrected chi connectivity index (χ1v) is 9.65. The fourth-order valence-electron chi connectivity index (χ4n) is 3.89. The molecule has 0 saturated heterocycles. The predicted octanol–water partition coefficient (Wildman–Crippen LogP) is 2.94. The molecule has 3 aromatic rings. The van der Waals surface area contributed by atoms with Crippen molar-refractivity contribution in [3.05, 3.63) is 71.8 Å². The second-order valence-electron chi connectivity index (χ2n) is 7.35. The lowest BCUT2D eigenvalue weighted by molar-refractivity contribution is -0.0372. The Kier molecular flexibility index (Phi) is 5.41. The summed E-state index contributed by atoms with van der Waals surface area (Å²) >= 11 is 0. The summed E-state index contributed by atoms with van der Waals surface area (Å²) < 4.78 is 19.9. The first-order valence-electron chi connectivity index (χ1n) is 9.65. The Balaban J connectivity index is 1.53. The first-order chi connectivity index (χ1) is 14.5. The van der Waals surface area contributed by atoms with Gasteiger partial charge in [0, 0.05) is 31.0 Å². The van der Waals surface area contributed by atoms with E-state index in [4.69, 9.17) is 10.5 Å². The molecule has 3 N–H and O–H groups in total. The maximum atomic E-state index is 14.2. The van der Waals surface area contributed by atoms with Crippen molar-refractivity contribution in [2.45, 2.75) is 24.4 Å². The van der Waals surface area contributed by atoms with Crippen molar-refractivity contribution >= 4 is 11.7 Å². The van der Waals surface area contributed by atoms with Crippen molar-refractivity contribution < 1.29 is 13.9 Å². The number of hydrogen-bond donors (Lipinski definition) is 2. The van der Waals surface area contributed by atoms with Gasteiger partial charge in [0.05, 0.1) is 22.9 Å². The Hall–Kier alpha value is -3.39. The van der Waals surface area contributed by atoms with Gasteiger partial charge in [-0.25, -0.2) is 4.39 Å². The lowest BCUT2D eigenvalue weighted by atomic mass is 9.63. The standard InChI is InChI=1S/C22H22FN5O2/c1-30-19-9-10-22(19,18-4-2-3-11-25-18)13-26-20-8-7-17(27-28-20)15-12-14(21(24)29)5-6-16(15)23/h2-8,11-12,19H,9-10,13H2,1H3,(H2,24,29)(H,26,28). The van der Waals surface area contributed by atoms with E-state index in [1.54, 1.807) is 25.4 Å². The Morgan fingerprint density at radius 1 is 1.27 bits per heavy atom. The molecule has 1 aliphatic carbocycles. The molecular weight excluding hydrogens is 385 g/mol. The maximum absolute atomic E-state index is 14.2. The average Bonchev–Trinajstić information content (AvgIpc) is 2.75. The highest BCUT2D eigenvalue weighted by Crippen LogP contribution is 2.44. The van der Waals surface area contributed by atoms with Gasteiger partial charge in [0.25, 0.3) is 0 Å². The largest absolute Gasteiger partial charge is 0.380 e. The summed E-state index contributed by atoms with van der Waals surface area (Å²) in [5.41, 5.74) is 6.73. The molecule has 1 saturated carbocycles. The molecule has 1 fully saturated rings. The van der Waals surface area contributed by atoms with Crippen LogP contribution in [-0.4, -0.2) is 40.8 Å². The van der Waals surface area contributed by atoms with Crippen molar-refractivity contribution in [1.29, 1.82) is 0 Å². The molecule has 154 valence electrons. The number of nitrogens with one attached hydrogen (secondary N) is 1. The molecule has 7 nitrogen and oxygen atoms in total. The molecule has 0 aliphatic heterocycles. The number of hydrogen-bond acceptors (Lipinski definition) is 6. The fraction of sp³-hybridized carbons (Fsp3) is 0.273. The normalized spacial score (nSPS) is 20.4. The SMILES string of the molecule is COC1CCC1(CNc1ccc(-c2cc(C(N)=O)ccc2F)nn1)c1ccccn1. The van der Waals surface area contributed by atoms with Crippen molar-refractivity contribution in [3.63, 3.8) is 0 Å². The van der Waals surface area contributed by atoms with Crippen molar-refractivity contribution in [1.82, 2.24) is 15.2 Å². The van der Waals surface area contributed by atoms with Crippen LogP contribution in [-0.2, 0) is 10.2 Å². The molecule has 8 heteroatoms. The minimum Gasteiger partial charge on any atom is -0.380 e. The summed E-state index contributed by atoms with van der Waals surface area (Å²) in [4.78, 5) is 15.9. The Labute approximate surface area is 173 Å². The number of halogens is 1. The third-order valence-electron chi connectivity index (χ3n) is 5.70. The number of ether oxygens (including phenoxy) is 1. The molecule has 30 heavy (non-hydrogen) atoms. The summed E-state index contributed by atoms with van der Waals surface area (Å²) in [5.74, 6) is -0.570. The molecule has 0 radical (unpaired) electrons. The van der Waals surface area contributed by atoms with Gasteiger partial charge in [0.2, 0.25) is 5.91 Å². The summed E-state index contributed by atoms with van der Waals surface area (Å²) in [5, 5.41) is 11.6. The third kappa shape index (κ3) is 3.61. The zero-order chi connectivity index (χ0) is 21.1. The highest BCUT2D eigenvalue weighted by molar-refractivity contribution is 5.94. The van der Waals surface area contributed by atoms with Gasteiger partial charge in [-0.3, -0.25) is 9.78 Å². The molecule has 1 aliphatic rings. The van der Waals surface area contributed by atoms with Gasteiger partial charge in [-0.1, -0.05) is 6.07 Å². The van der Waals surface area contributed by atoms with Gasteiger partial charge < -0.3 is 15.8 Å². The van der Waals surface area contributed by atoms with Crippen molar-refractivity contribution in [3.8, 4) is 11.3 Å². The molecule has 0 spiro atoms. The van der Waals surface area contributed by atoms with Crippen LogP contribution in [0.25, 0.3) is 11.3 Å². The number of nitrogens with two attached hydrogens (primary N) is 1. The monoisotopic (exact) mass is 407 g/mol. The highest BCUT2D eigenvalue weighted by atomic mass is 19.1. The van der Waals surface area contributed by atoms with Crippen LogP contribution in [0.1, 0.15) is 28.9 Å². The van der Waals surface area contributed by atoms with E-state index >= 15 is 0 Å². The van der Waals surface area contributed by atoms with Crippen LogP contribution >= 0.6 is 0 Å². The van der Waals surface area contributed by atoms with E-state index in [0.717, 1.165) is 18.5 Å². The van der Waals surface area contributed by atoms with Crippen LogP contribution in [0.3, 0.4) is 0 Å². The van der Waals surface area contributed by atoms with E-state index in [0.29, 0.717) is 18.1 Å². The second-order valence-corrected chi connectivity index (χ2v) is 7.35. The van der Waals surface area contributed by atoms with Crippen molar-refractivity contribution in [2.24, 2.45) is 5.73 Å². The van der Waals surface area contributed by atoms with E-state index in [1.807, 2.05) is 18.2 Å². The lowest BCUT2D eigenvalue weighted by Crippen LogP contribution is -2.54. The number of rotatable bonds is 7. The van der Waals surface area contributed by atoms with Crippen LogP contribution < -0.4 is 11.1 Å². The number of methoxy groups -OCH3 is 1. The molecule has 2 atom stereocenters. The first kappa shape index (κ1) is 19.9. The molecule has 2 heterocycles. The topological polar surface area (TPSA) is 103 Å². The van der Waals surface area contributed by atoms with Crippen LogP contribution in [0, 0.1) is 5.82 Å². The third-order valence-corrected chi connectivity index (χ3v) is 5.70. The number of anilines is 1. The van der Waals surface area contributed by atoms with Gasteiger partial charge >= 0.3 is 0 Å². The predicted molar refractivity (Wildman–Crippen MR) is 110 cm³/mol.